The number of hydrogen-bond donors (Lipinski definition) is 3. The molecule has 0 aliphatic carbocycles. The molecule has 0 aliphatic heterocycles. The predicted octanol–water partition coefficient (Wildman–Crippen LogP) is 1.50. The highest BCUT2D eigenvalue weighted by Gasteiger charge is 1.96. The Morgan fingerprint density at radius 1 is 1.33 bits per heavy atom. The summed E-state index contributed by atoms with van der Waals surface area (Å²) in [6.45, 7) is 2.17. The molecule has 0 fully saturated rings. The average Bonchev–Trinajstić information content (AvgIpc) is 2.28. The second kappa shape index (κ2) is 6.03. The summed E-state index contributed by atoms with van der Waals surface area (Å²) in [4.78, 5) is 3.93. The van der Waals surface area contributed by atoms with E-state index in [1.54, 1.807) is 7.05 Å². The lowest BCUT2D eigenvalue weighted by molar-refractivity contribution is 0.922. The number of guanidine groups is 1. The van der Waals surface area contributed by atoms with E-state index in [1.807, 2.05) is 12.1 Å². The van der Waals surface area contributed by atoms with Gasteiger partial charge >= 0.3 is 0 Å². The molecular formula is C11H18N4. The molecule has 4 nitrogen and oxygen atoms in total. The summed E-state index contributed by atoms with van der Waals surface area (Å²) in [5.74, 6) is 5.82. The second-order valence-corrected chi connectivity index (χ2v) is 3.29. The molecule has 1 aromatic carbocycles. The minimum absolute atomic E-state index is 0.554. The number of benzene rings is 1. The molecule has 0 heterocycles. The van der Waals surface area contributed by atoms with Crippen molar-refractivity contribution in [3.63, 3.8) is 0 Å². The van der Waals surface area contributed by atoms with Gasteiger partial charge in [-0.05, 0) is 24.1 Å². The van der Waals surface area contributed by atoms with Crippen LogP contribution in [0, 0.1) is 0 Å². The van der Waals surface area contributed by atoms with Crippen molar-refractivity contribution in [3.05, 3.63) is 29.8 Å². The van der Waals surface area contributed by atoms with Gasteiger partial charge in [-0.15, -0.1) is 0 Å². The van der Waals surface area contributed by atoms with Gasteiger partial charge in [0.15, 0.2) is 0 Å². The normalized spacial score (nSPS) is 11.3. The molecule has 0 saturated carbocycles. The number of rotatable bonds is 3. The molecule has 0 amide bonds. The van der Waals surface area contributed by atoms with Crippen LogP contribution >= 0.6 is 0 Å². The van der Waals surface area contributed by atoms with Crippen LogP contribution in [0.4, 0.5) is 5.69 Å². The van der Waals surface area contributed by atoms with E-state index in [9.17, 15) is 0 Å². The van der Waals surface area contributed by atoms with E-state index in [1.165, 1.54) is 12.0 Å². The van der Waals surface area contributed by atoms with E-state index in [2.05, 4.69) is 34.8 Å². The second-order valence-electron chi connectivity index (χ2n) is 3.29. The first-order valence-corrected chi connectivity index (χ1v) is 5.09. The zero-order valence-electron chi connectivity index (χ0n) is 9.25. The fourth-order valence-electron chi connectivity index (χ4n) is 1.34. The van der Waals surface area contributed by atoms with Crippen molar-refractivity contribution >= 4 is 11.6 Å². The molecule has 4 N–H and O–H groups in total. The zero-order valence-corrected chi connectivity index (χ0v) is 9.25. The molecule has 0 bridgehead atoms. The molecule has 82 valence electrons. The maximum Gasteiger partial charge on any atom is 0.209 e. The average molecular weight is 206 g/mol. The lowest BCUT2D eigenvalue weighted by atomic mass is 10.1. The monoisotopic (exact) mass is 206 g/mol. The van der Waals surface area contributed by atoms with Gasteiger partial charge in [0.2, 0.25) is 5.96 Å². The summed E-state index contributed by atoms with van der Waals surface area (Å²) in [5, 5.41) is 3.06. The van der Waals surface area contributed by atoms with Crippen LogP contribution in [0.15, 0.2) is 29.3 Å². The van der Waals surface area contributed by atoms with Gasteiger partial charge in [0, 0.05) is 12.7 Å². The van der Waals surface area contributed by atoms with Gasteiger partial charge in [0.1, 0.15) is 0 Å². The number of nitrogens with zero attached hydrogens (tertiary/aromatic N) is 1. The fraction of sp³-hybridized carbons (Fsp3) is 0.364. The molecule has 0 radical (unpaired) electrons. The standard InChI is InChI=1S/C11H18N4/c1-3-4-9-5-7-10(8-6-9)14-11(13-2)15-12/h5-8H,3-4,12H2,1-2H3,(H2,13,14,15). The molecular weight excluding hydrogens is 188 g/mol. The van der Waals surface area contributed by atoms with Crippen molar-refractivity contribution in [3.8, 4) is 0 Å². The van der Waals surface area contributed by atoms with E-state index >= 15 is 0 Å². The van der Waals surface area contributed by atoms with Crippen molar-refractivity contribution in [2.75, 3.05) is 12.4 Å². The molecule has 0 unspecified atom stereocenters. The van der Waals surface area contributed by atoms with Crippen molar-refractivity contribution < 1.29 is 0 Å². The lowest BCUT2D eigenvalue weighted by Crippen LogP contribution is -2.36. The number of hydrazine groups is 1. The lowest BCUT2D eigenvalue weighted by Gasteiger charge is -2.08. The third kappa shape index (κ3) is 3.59. The van der Waals surface area contributed by atoms with Crippen molar-refractivity contribution in [1.82, 2.24) is 5.43 Å². The highest BCUT2D eigenvalue weighted by molar-refractivity contribution is 5.93. The van der Waals surface area contributed by atoms with Crippen LogP contribution in [0.1, 0.15) is 18.9 Å². The molecule has 15 heavy (non-hydrogen) atoms. The third-order valence-electron chi connectivity index (χ3n) is 2.12. The molecule has 1 aromatic rings. The van der Waals surface area contributed by atoms with Gasteiger partial charge in [-0.1, -0.05) is 25.5 Å². The zero-order chi connectivity index (χ0) is 11.1. The van der Waals surface area contributed by atoms with E-state index in [0.717, 1.165) is 12.1 Å². The van der Waals surface area contributed by atoms with Crippen LogP contribution < -0.4 is 16.6 Å². The number of nitrogens with one attached hydrogen (secondary N) is 2. The summed E-state index contributed by atoms with van der Waals surface area (Å²) in [5.41, 5.74) is 4.80. The topological polar surface area (TPSA) is 62.4 Å². The first-order chi connectivity index (χ1) is 7.30. The summed E-state index contributed by atoms with van der Waals surface area (Å²) >= 11 is 0. The van der Waals surface area contributed by atoms with E-state index < -0.39 is 0 Å². The summed E-state index contributed by atoms with van der Waals surface area (Å²) in [6.07, 6.45) is 2.28. The van der Waals surface area contributed by atoms with Crippen molar-refractivity contribution in [2.45, 2.75) is 19.8 Å². The Bertz CT molecular complexity index is 316. The Kier molecular flexibility index (Phi) is 4.63. The van der Waals surface area contributed by atoms with E-state index in [4.69, 9.17) is 5.84 Å². The number of aliphatic imine (C=N–C) groups is 1. The Balaban J connectivity index is 2.64. The fourth-order valence-corrected chi connectivity index (χ4v) is 1.34. The first kappa shape index (κ1) is 11.5. The molecule has 1 rings (SSSR count). The van der Waals surface area contributed by atoms with E-state index in [-0.39, 0.29) is 0 Å². The van der Waals surface area contributed by atoms with E-state index in [0.29, 0.717) is 5.96 Å². The summed E-state index contributed by atoms with van der Waals surface area (Å²) < 4.78 is 0. The highest BCUT2D eigenvalue weighted by atomic mass is 15.3. The maximum atomic E-state index is 5.27. The summed E-state index contributed by atoms with van der Waals surface area (Å²) in [7, 11) is 1.67. The van der Waals surface area contributed by atoms with Gasteiger partial charge in [0.25, 0.3) is 0 Å². The predicted molar refractivity (Wildman–Crippen MR) is 64.7 cm³/mol. The largest absolute Gasteiger partial charge is 0.325 e. The van der Waals surface area contributed by atoms with Crippen molar-refractivity contribution in [1.29, 1.82) is 0 Å². The van der Waals surface area contributed by atoms with Crippen LogP contribution in [-0.4, -0.2) is 13.0 Å². The van der Waals surface area contributed by atoms with Gasteiger partial charge in [-0.25, -0.2) is 5.84 Å². The maximum absolute atomic E-state index is 5.27. The van der Waals surface area contributed by atoms with Gasteiger partial charge in [-0.2, -0.15) is 0 Å². The van der Waals surface area contributed by atoms with Crippen LogP contribution in [0.5, 0.6) is 0 Å². The molecule has 0 atom stereocenters. The summed E-state index contributed by atoms with van der Waals surface area (Å²) in [6, 6.07) is 8.26. The Labute approximate surface area is 90.6 Å². The minimum Gasteiger partial charge on any atom is -0.325 e. The SMILES string of the molecule is CCCc1ccc(NC(=NC)NN)cc1. The Morgan fingerprint density at radius 3 is 2.47 bits per heavy atom. The van der Waals surface area contributed by atoms with Crippen molar-refractivity contribution in [2.24, 2.45) is 10.8 Å². The van der Waals surface area contributed by atoms with Gasteiger partial charge in [-0.3, -0.25) is 10.4 Å². The first-order valence-electron chi connectivity index (χ1n) is 5.09. The molecule has 0 aromatic heterocycles. The van der Waals surface area contributed by atoms with Crippen LogP contribution in [-0.2, 0) is 6.42 Å². The number of hydrogen-bond acceptors (Lipinski definition) is 2. The molecule has 0 spiro atoms. The number of anilines is 1. The molecule has 4 heteroatoms. The highest BCUT2D eigenvalue weighted by Crippen LogP contribution is 2.10. The Morgan fingerprint density at radius 2 is 2.00 bits per heavy atom. The van der Waals surface area contributed by atoms with Crippen LogP contribution in [0.2, 0.25) is 0 Å². The smallest absolute Gasteiger partial charge is 0.209 e. The third-order valence-corrected chi connectivity index (χ3v) is 2.12. The quantitative estimate of drug-likeness (QED) is 0.304. The van der Waals surface area contributed by atoms with Gasteiger partial charge in [0.05, 0.1) is 0 Å². The number of nitrogens with two attached hydrogens (primary N) is 1. The number of aryl methyl sites for hydroxylation is 1. The van der Waals surface area contributed by atoms with Crippen LogP contribution in [0.25, 0.3) is 0 Å². The van der Waals surface area contributed by atoms with Crippen LogP contribution in [0.3, 0.4) is 0 Å². The Hall–Kier alpha value is -1.55. The minimum atomic E-state index is 0.554. The molecule has 0 aliphatic rings. The molecule has 0 saturated heterocycles. The van der Waals surface area contributed by atoms with Gasteiger partial charge < -0.3 is 5.32 Å².